The molecule has 0 radical (unpaired) electrons. The van der Waals surface area contributed by atoms with Crippen LogP contribution in [0.3, 0.4) is 0 Å². The number of benzene rings is 1. The van der Waals surface area contributed by atoms with Crippen LogP contribution in [-0.4, -0.2) is 6.10 Å². The summed E-state index contributed by atoms with van der Waals surface area (Å²) in [5.74, 6) is 1.96. The Morgan fingerprint density at radius 1 is 1.29 bits per heavy atom. The first-order valence-corrected chi connectivity index (χ1v) is 8.46. The third-order valence-electron chi connectivity index (χ3n) is 6.34. The predicted molar refractivity (Wildman–Crippen MR) is 84.8 cm³/mol. The van der Waals surface area contributed by atoms with E-state index in [1.807, 2.05) is 0 Å². The molecule has 1 aromatic rings. The summed E-state index contributed by atoms with van der Waals surface area (Å²) >= 11 is 0. The average Bonchev–Trinajstić information content (AvgIpc) is 2.83. The fraction of sp³-hybridized carbons (Fsp3) is 0.500. The third kappa shape index (κ3) is 1.25. The van der Waals surface area contributed by atoms with Gasteiger partial charge in [-0.2, -0.15) is 0 Å². The minimum Gasteiger partial charge on any atom is -0.484 e. The molecule has 2 bridgehead atoms. The second-order valence-electron chi connectivity index (χ2n) is 7.23. The Bertz CT molecular complexity index is 709. The summed E-state index contributed by atoms with van der Waals surface area (Å²) < 4.78 is 6.60. The molecule has 108 valence electrons. The lowest BCUT2D eigenvalue weighted by atomic mass is 9.52. The molecule has 1 aromatic carbocycles. The Morgan fingerprint density at radius 3 is 3.05 bits per heavy atom. The molecule has 4 aliphatic rings. The molecule has 0 aromatic heterocycles. The van der Waals surface area contributed by atoms with Crippen molar-refractivity contribution in [1.29, 1.82) is 0 Å². The number of aryl methyl sites for hydroxylation is 1. The number of hydrogen-bond acceptors (Lipinski definition) is 1. The van der Waals surface area contributed by atoms with Crippen molar-refractivity contribution < 1.29 is 4.74 Å². The van der Waals surface area contributed by atoms with Crippen LogP contribution in [0.4, 0.5) is 0 Å². The Hall–Kier alpha value is -1.50. The summed E-state index contributed by atoms with van der Waals surface area (Å²) in [6.45, 7) is 4.47. The predicted octanol–water partition coefficient (Wildman–Crippen LogP) is 4.63. The lowest BCUT2D eigenvalue weighted by Crippen LogP contribution is -2.49. The minimum absolute atomic E-state index is 0.192. The summed E-state index contributed by atoms with van der Waals surface area (Å²) in [5, 5.41) is 0. The maximum absolute atomic E-state index is 6.60. The maximum Gasteiger partial charge on any atom is 0.134 e. The lowest BCUT2D eigenvalue weighted by Gasteiger charge is -2.50. The molecule has 0 unspecified atom stereocenters. The quantitative estimate of drug-likeness (QED) is 0.728. The van der Waals surface area contributed by atoms with E-state index in [2.05, 4.69) is 38.1 Å². The Balaban J connectivity index is 1.87. The molecule has 5 rings (SSSR count). The first-order valence-electron chi connectivity index (χ1n) is 8.46. The topological polar surface area (TPSA) is 9.23 Å². The number of ether oxygens (including phenoxy) is 1. The first-order chi connectivity index (χ1) is 10.3. The van der Waals surface area contributed by atoms with Gasteiger partial charge in [-0.05, 0) is 55.2 Å². The van der Waals surface area contributed by atoms with Gasteiger partial charge in [0.25, 0.3) is 0 Å². The second kappa shape index (κ2) is 3.82. The van der Waals surface area contributed by atoms with Crippen molar-refractivity contribution >= 4 is 0 Å². The number of allylic oxidation sites excluding steroid dienone is 2. The van der Waals surface area contributed by atoms with Crippen molar-refractivity contribution in [3.8, 4) is 5.75 Å². The zero-order valence-electron chi connectivity index (χ0n) is 12.9. The van der Waals surface area contributed by atoms with E-state index in [0.717, 1.165) is 12.3 Å². The molecule has 0 saturated heterocycles. The standard InChI is InChI=1S/C20H22O/c1-3-13-8-9-16-14-5-4-10-20(16)17-15(11-14)7-6-12(2)18(17)21-19(13)20/h6-9,14,19H,3-5,10-11H2,1-2H3/t14-,19+,20+/m1/s1. The van der Waals surface area contributed by atoms with E-state index < -0.39 is 0 Å². The third-order valence-corrected chi connectivity index (χ3v) is 6.34. The van der Waals surface area contributed by atoms with Crippen LogP contribution in [-0.2, 0) is 11.8 Å². The normalized spacial score (nSPS) is 34.8. The van der Waals surface area contributed by atoms with E-state index in [4.69, 9.17) is 4.74 Å². The number of rotatable bonds is 1. The Labute approximate surface area is 126 Å². The average molecular weight is 278 g/mol. The largest absolute Gasteiger partial charge is 0.484 e. The molecule has 1 aliphatic heterocycles. The SMILES string of the molecule is CCC1=CC=C2[C@@H]3CCC[C@@]24c2c(ccc(C)c2O[C@@H]14)C3. The van der Waals surface area contributed by atoms with Crippen LogP contribution in [0.1, 0.15) is 49.3 Å². The van der Waals surface area contributed by atoms with Crippen LogP contribution < -0.4 is 4.74 Å². The van der Waals surface area contributed by atoms with Gasteiger partial charge in [0, 0.05) is 5.56 Å². The fourth-order valence-corrected chi connectivity index (χ4v) is 5.47. The molecule has 1 heterocycles. The van der Waals surface area contributed by atoms with Crippen molar-refractivity contribution in [3.63, 3.8) is 0 Å². The molecule has 3 atom stereocenters. The lowest BCUT2D eigenvalue weighted by molar-refractivity contribution is 0.153. The summed E-state index contributed by atoms with van der Waals surface area (Å²) in [4.78, 5) is 0. The summed E-state index contributed by atoms with van der Waals surface area (Å²) in [5.41, 5.74) is 7.82. The highest BCUT2D eigenvalue weighted by Crippen LogP contribution is 2.63. The van der Waals surface area contributed by atoms with Crippen LogP contribution in [0.25, 0.3) is 0 Å². The molecule has 1 heteroatoms. The van der Waals surface area contributed by atoms with Gasteiger partial charge in [-0.25, -0.2) is 0 Å². The van der Waals surface area contributed by atoms with E-state index in [0.29, 0.717) is 0 Å². The van der Waals surface area contributed by atoms with Crippen LogP contribution in [0.15, 0.2) is 35.4 Å². The smallest absolute Gasteiger partial charge is 0.134 e. The molecule has 1 saturated carbocycles. The molecular formula is C20H22O. The highest BCUT2D eigenvalue weighted by molar-refractivity contribution is 5.65. The second-order valence-corrected chi connectivity index (χ2v) is 7.23. The van der Waals surface area contributed by atoms with E-state index in [-0.39, 0.29) is 11.5 Å². The summed E-state index contributed by atoms with van der Waals surface area (Å²) in [6, 6.07) is 4.64. The molecule has 1 nitrogen and oxygen atoms in total. The van der Waals surface area contributed by atoms with Crippen molar-refractivity contribution in [2.75, 3.05) is 0 Å². The number of hydrogen-bond donors (Lipinski definition) is 0. The highest BCUT2D eigenvalue weighted by Gasteiger charge is 2.59. The van der Waals surface area contributed by atoms with Gasteiger partial charge in [-0.15, -0.1) is 0 Å². The molecular weight excluding hydrogens is 256 g/mol. The van der Waals surface area contributed by atoms with Gasteiger partial charge >= 0.3 is 0 Å². The van der Waals surface area contributed by atoms with E-state index >= 15 is 0 Å². The first kappa shape index (κ1) is 12.1. The van der Waals surface area contributed by atoms with Crippen LogP contribution in [0.5, 0.6) is 5.75 Å². The van der Waals surface area contributed by atoms with Gasteiger partial charge in [0.15, 0.2) is 0 Å². The van der Waals surface area contributed by atoms with Crippen LogP contribution in [0.2, 0.25) is 0 Å². The van der Waals surface area contributed by atoms with Gasteiger partial charge < -0.3 is 4.74 Å². The van der Waals surface area contributed by atoms with Gasteiger partial charge in [0.05, 0.1) is 5.41 Å². The van der Waals surface area contributed by atoms with E-state index in [1.54, 1.807) is 16.7 Å². The van der Waals surface area contributed by atoms with Crippen molar-refractivity contribution in [2.24, 2.45) is 5.92 Å². The molecule has 1 fully saturated rings. The molecule has 0 amide bonds. The monoisotopic (exact) mass is 278 g/mol. The van der Waals surface area contributed by atoms with Gasteiger partial charge in [0.2, 0.25) is 0 Å². The fourth-order valence-electron chi connectivity index (χ4n) is 5.47. The summed E-state index contributed by atoms with van der Waals surface area (Å²) in [6.07, 6.45) is 11.4. The molecule has 3 aliphatic carbocycles. The minimum atomic E-state index is 0.192. The van der Waals surface area contributed by atoms with Crippen molar-refractivity contribution in [3.05, 3.63) is 52.1 Å². The van der Waals surface area contributed by atoms with E-state index in [1.165, 1.54) is 42.6 Å². The Morgan fingerprint density at radius 2 is 2.19 bits per heavy atom. The molecule has 0 N–H and O–H groups in total. The Kier molecular flexibility index (Phi) is 2.20. The van der Waals surface area contributed by atoms with Crippen molar-refractivity contribution in [2.45, 2.75) is 57.5 Å². The molecule has 21 heavy (non-hydrogen) atoms. The zero-order valence-corrected chi connectivity index (χ0v) is 12.9. The van der Waals surface area contributed by atoms with Gasteiger partial charge in [-0.3, -0.25) is 0 Å². The molecule has 1 spiro atoms. The zero-order chi connectivity index (χ0) is 14.2. The summed E-state index contributed by atoms with van der Waals surface area (Å²) in [7, 11) is 0. The van der Waals surface area contributed by atoms with Gasteiger partial charge in [0.1, 0.15) is 11.9 Å². The van der Waals surface area contributed by atoms with Gasteiger partial charge in [-0.1, -0.05) is 43.2 Å². The van der Waals surface area contributed by atoms with Crippen molar-refractivity contribution in [1.82, 2.24) is 0 Å². The maximum atomic E-state index is 6.60. The van der Waals surface area contributed by atoms with E-state index in [9.17, 15) is 0 Å². The highest BCUT2D eigenvalue weighted by atomic mass is 16.5. The van der Waals surface area contributed by atoms with Crippen LogP contribution >= 0.6 is 0 Å². The van der Waals surface area contributed by atoms with Crippen LogP contribution in [0, 0.1) is 12.8 Å².